The maximum absolute atomic E-state index is 12.7. The van der Waals surface area contributed by atoms with Gasteiger partial charge >= 0.3 is 0 Å². The summed E-state index contributed by atoms with van der Waals surface area (Å²) in [6.07, 6.45) is 0. The Morgan fingerprint density at radius 1 is 1.17 bits per heavy atom. The minimum Gasteiger partial charge on any atom is -0.448 e. The zero-order valence-electron chi connectivity index (χ0n) is 9.06. The van der Waals surface area contributed by atoms with Crippen LogP contribution in [-0.2, 0) is 16.6 Å². The van der Waals surface area contributed by atoms with Gasteiger partial charge in [0.1, 0.15) is 11.6 Å². The molecule has 0 spiro atoms. The molecule has 18 heavy (non-hydrogen) atoms. The van der Waals surface area contributed by atoms with E-state index in [4.69, 9.17) is 16.0 Å². The fourth-order valence-corrected chi connectivity index (χ4v) is 2.47. The highest BCUT2D eigenvalue weighted by atomic mass is 35.5. The third-order valence-electron chi connectivity index (χ3n) is 2.19. The lowest BCUT2D eigenvalue weighted by Crippen LogP contribution is -2.22. The Hall–Kier alpha value is -1.37. The molecule has 0 unspecified atom stereocenters. The van der Waals surface area contributed by atoms with Gasteiger partial charge in [0, 0.05) is 0 Å². The summed E-state index contributed by atoms with van der Waals surface area (Å²) in [7, 11) is -3.69. The summed E-state index contributed by atoms with van der Waals surface area (Å²) >= 11 is 5.56. The molecule has 96 valence electrons. The lowest BCUT2D eigenvalue weighted by Gasteiger charge is -2.04. The van der Waals surface area contributed by atoms with Crippen LogP contribution in [0.4, 0.5) is 4.39 Å². The first-order valence-corrected chi connectivity index (χ1v) is 6.83. The molecule has 4 nitrogen and oxygen atoms in total. The zero-order chi connectivity index (χ0) is 13.2. The second-order valence-corrected chi connectivity index (χ2v) is 5.62. The largest absolute Gasteiger partial charge is 0.448 e. The third kappa shape index (κ3) is 3.10. The van der Waals surface area contributed by atoms with E-state index in [1.165, 1.54) is 18.2 Å². The molecule has 0 radical (unpaired) electrons. The zero-order valence-corrected chi connectivity index (χ0v) is 10.6. The molecule has 0 fully saturated rings. The molecule has 0 saturated carbocycles. The Labute approximate surface area is 108 Å². The van der Waals surface area contributed by atoms with Crippen LogP contribution in [0.1, 0.15) is 5.76 Å². The van der Waals surface area contributed by atoms with E-state index >= 15 is 0 Å². The highest BCUT2D eigenvalue weighted by Gasteiger charge is 2.14. The number of hydrogen-bond donors (Lipinski definition) is 1. The Bertz CT molecular complexity index is 637. The van der Waals surface area contributed by atoms with Gasteiger partial charge in [-0.15, -0.1) is 0 Å². The van der Waals surface area contributed by atoms with Gasteiger partial charge < -0.3 is 4.42 Å². The highest BCUT2D eigenvalue weighted by molar-refractivity contribution is 7.89. The summed E-state index contributed by atoms with van der Waals surface area (Å²) in [4.78, 5) is -0.0125. The SMILES string of the molecule is O=S(=O)(NCc1ccc(Cl)o1)c1ccc(F)cc1. The van der Waals surface area contributed by atoms with E-state index < -0.39 is 15.8 Å². The maximum Gasteiger partial charge on any atom is 0.240 e. The van der Waals surface area contributed by atoms with E-state index in [1.807, 2.05) is 0 Å². The number of sulfonamides is 1. The smallest absolute Gasteiger partial charge is 0.240 e. The van der Waals surface area contributed by atoms with Crippen molar-refractivity contribution in [3.05, 3.63) is 53.2 Å². The van der Waals surface area contributed by atoms with Crippen molar-refractivity contribution >= 4 is 21.6 Å². The van der Waals surface area contributed by atoms with Crippen molar-refractivity contribution in [2.24, 2.45) is 0 Å². The number of benzene rings is 1. The van der Waals surface area contributed by atoms with Crippen LogP contribution in [0.2, 0.25) is 5.22 Å². The topological polar surface area (TPSA) is 59.3 Å². The number of halogens is 2. The fraction of sp³-hybridized carbons (Fsp3) is 0.0909. The number of furan rings is 1. The van der Waals surface area contributed by atoms with Gasteiger partial charge in [0.15, 0.2) is 5.22 Å². The van der Waals surface area contributed by atoms with E-state index in [9.17, 15) is 12.8 Å². The van der Waals surface area contributed by atoms with Gasteiger partial charge in [-0.05, 0) is 48.0 Å². The molecule has 0 aliphatic rings. The first-order chi connectivity index (χ1) is 8.47. The molecular weight excluding hydrogens is 281 g/mol. The van der Waals surface area contributed by atoms with Crippen molar-refractivity contribution in [2.45, 2.75) is 11.4 Å². The first kappa shape index (κ1) is 13.1. The molecule has 1 aromatic carbocycles. The van der Waals surface area contributed by atoms with Crippen LogP contribution in [0, 0.1) is 5.82 Å². The molecule has 0 saturated heterocycles. The molecule has 2 rings (SSSR count). The Balaban J connectivity index is 2.10. The molecule has 1 heterocycles. The van der Waals surface area contributed by atoms with Gasteiger partial charge in [0.2, 0.25) is 10.0 Å². The van der Waals surface area contributed by atoms with Crippen molar-refractivity contribution in [2.75, 3.05) is 0 Å². The van der Waals surface area contributed by atoms with E-state index in [1.54, 1.807) is 6.07 Å². The van der Waals surface area contributed by atoms with Crippen LogP contribution in [-0.4, -0.2) is 8.42 Å². The highest BCUT2D eigenvalue weighted by Crippen LogP contribution is 2.14. The van der Waals surface area contributed by atoms with E-state index in [2.05, 4.69) is 4.72 Å². The normalized spacial score (nSPS) is 11.7. The lowest BCUT2D eigenvalue weighted by atomic mass is 10.4. The molecule has 0 aliphatic carbocycles. The van der Waals surface area contributed by atoms with E-state index in [0.717, 1.165) is 12.1 Å². The van der Waals surface area contributed by atoms with Crippen LogP contribution in [0.25, 0.3) is 0 Å². The summed E-state index contributed by atoms with van der Waals surface area (Å²) in [6, 6.07) is 7.62. The summed E-state index contributed by atoms with van der Waals surface area (Å²) in [6.45, 7) is -0.0214. The van der Waals surface area contributed by atoms with Crippen molar-refractivity contribution < 1.29 is 17.2 Å². The molecular formula is C11H9ClFNO3S. The first-order valence-electron chi connectivity index (χ1n) is 4.97. The van der Waals surface area contributed by atoms with Crippen molar-refractivity contribution in [3.8, 4) is 0 Å². The number of nitrogens with one attached hydrogen (secondary N) is 1. The van der Waals surface area contributed by atoms with E-state index in [-0.39, 0.29) is 16.7 Å². The van der Waals surface area contributed by atoms with Gasteiger partial charge in [-0.3, -0.25) is 0 Å². The summed E-state index contributed by atoms with van der Waals surface area (Å²) in [5, 5.41) is 0.186. The molecule has 0 amide bonds. The molecule has 7 heteroatoms. The van der Waals surface area contributed by atoms with Gasteiger partial charge in [-0.25, -0.2) is 17.5 Å². The molecule has 0 aliphatic heterocycles. The van der Waals surface area contributed by atoms with Crippen LogP contribution in [0.5, 0.6) is 0 Å². The molecule has 1 aromatic heterocycles. The second-order valence-electron chi connectivity index (χ2n) is 3.48. The van der Waals surface area contributed by atoms with Gasteiger partial charge in [-0.2, -0.15) is 0 Å². The number of rotatable bonds is 4. The van der Waals surface area contributed by atoms with Gasteiger partial charge in [0.25, 0.3) is 0 Å². The fourth-order valence-electron chi connectivity index (χ4n) is 1.31. The molecule has 0 bridgehead atoms. The van der Waals surface area contributed by atoms with Crippen LogP contribution >= 0.6 is 11.6 Å². The summed E-state index contributed by atoms with van der Waals surface area (Å²) in [5.41, 5.74) is 0. The van der Waals surface area contributed by atoms with Crippen molar-refractivity contribution in [1.82, 2.24) is 4.72 Å². The standard InChI is InChI=1S/C11H9ClFNO3S/c12-11-6-3-9(17-11)7-14-18(15,16)10-4-1-8(13)2-5-10/h1-6,14H,7H2. The minimum atomic E-state index is -3.69. The van der Waals surface area contributed by atoms with Crippen LogP contribution in [0.15, 0.2) is 45.7 Å². The molecule has 0 atom stereocenters. The summed E-state index contributed by atoms with van der Waals surface area (Å²) in [5.74, 6) is -0.0996. The average Bonchev–Trinajstić information content (AvgIpc) is 2.73. The lowest BCUT2D eigenvalue weighted by molar-refractivity contribution is 0.500. The Morgan fingerprint density at radius 3 is 2.39 bits per heavy atom. The third-order valence-corrected chi connectivity index (χ3v) is 3.81. The van der Waals surface area contributed by atoms with Crippen molar-refractivity contribution in [1.29, 1.82) is 0 Å². The van der Waals surface area contributed by atoms with E-state index in [0.29, 0.717) is 5.76 Å². The Morgan fingerprint density at radius 2 is 1.83 bits per heavy atom. The molecule has 1 N–H and O–H groups in total. The second kappa shape index (κ2) is 5.09. The van der Waals surface area contributed by atoms with Crippen molar-refractivity contribution in [3.63, 3.8) is 0 Å². The van der Waals surface area contributed by atoms with Crippen LogP contribution < -0.4 is 4.72 Å². The van der Waals surface area contributed by atoms with Crippen LogP contribution in [0.3, 0.4) is 0 Å². The summed E-state index contributed by atoms with van der Waals surface area (Å²) < 4.78 is 43.6. The predicted octanol–water partition coefficient (Wildman–Crippen LogP) is 2.55. The maximum atomic E-state index is 12.7. The average molecular weight is 290 g/mol. The predicted molar refractivity (Wildman–Crippen MR) is 64.1 cm³/mol. The molecule has 2 aromatic rings. The quantitative estimate of drug-likeness (QED) is 0.941. The van der Waals surface area contributed by atoms with Gasteiger partial charge in [-0.1, -0.05) is 0 Å². The van der Waals surface area contributed by atoms with Gasteiger partial charge in [0.05, 0.1) is 11.4 Å². The number of hydrogen-bond acceptors (Lipinski definition) is 3. The monoisotopic (exact) mass is 289 g/mol. The Kier molecular flexibility index (Phi) is 3.70. The minimum absolute atomic E-state index is 0.0125.